The number of fused-ring (bicyclic) bond motifs is 3. The van der Waals surface area contributed by atoms with Crippen LogP contribution in [0.5, 0.6) is 0 Å². The Labute approximate surface area is 129 Å². The van der Waals surface area contributed by atoms with Gasteiger partial charge in [-0.1, -0.05) is 28.1 Å². The Hall–Kier alpha value is -0.690. The first kappa shape index (κ1) is 14.3. The Morgan fingerprint density at radius 3 is 3.20 bits per heavy atom. The predicted molar refractivity (Wildman–Crippen MR) is 83.1 cm³/mol. The normalized spacial score (nSPS) is 28.6. The first-order chi connectivity index (χ1) is 9.62. The fraction of sp³-hybridized carbons (Fsp3) is 0.429. The summed E-state index contributed by atoms with van der Waals surface area (Å²) >= 11 is 1.33. The van der Waals surface area contributed by atoms with E-state index in [1.807, 2.05) is 6.07 Å². The molecular formula is C14H16BrN2O2S-. The maximum atomic E-state index is 10.7. The predicted octanol–water partition coefficient (Wildman–Crippen LogP) is 2.60. The zero-order valence-electron chi connectivity index (χ0n) is 10.9. The van der Waals surface area contributed by atoms with Crippen LogP contribution >= 0.6 is 15.9 Å². The summed E-state index contributed by atoms with van der Waals surface area (Å²) < 4.78 is 24.9. The molecule has 4 nitrogen and oxygen atoms in total. The summed E-state index contributed by atoms with van der Waals surface area (Å²) in [4.78, 5) is 0. The van der Waals surface area contributed by atoms with Crippen molar-refractivity contribution in [2.24, 2.45) is 0 Å². The van der Waals surface area contributed by atoms with Crippen molar-refractivity contribution in [3.8, 4) is 0 Å². The van der Waals surface area contributed by atoms with Gasteiger partial charge in [-0.25, -0.2) is 4.72 Å². The molecule has 1 heterocycles. The summed E-state index contributed by atoms with van der Waals surface area (Å²) in [7, 11) is 0. The number of hydrogen-bond acceptors (Lipinski definition) is 3. The highest BCUT2D eigenvalue weighted by atomic mass is 79.9. The highest BCUT2D eigenvalue weighted by Crippen LogP contribution is 2.48. The molecule has 3 unspecified atom stereocenters. The van der Waals surface area contributed by atoms with Gasteiger partial charge in [-0.05, 0) is 43.0 Å². The molecule has 20 heavy (non-hydrogen) atoms. The second kappa shape index (κ2) is 5.60. The van der Waals surface area contributed by atoms with Crippen molar-refractivity contribution in [1.29, 1.82) is 0 Å². The van der Waals surface area contributed by atoms with E-state index in [0.717, 1.165) is 29.4 Å². The Bertz CT molecular complexity index is 578. The number of hydrogen-bond donors (Lipinski definition) is 2. The van der Waals surface area contributed by atoms with E-state index in [-0.39, 0.29) is 5.41 Å². The highest BCUT2D eigenvalue weighted by molar-refractivity contribution is 9.10. The third kappa shape index (κ3) is 2.45. The first-order valence-corrected chi connectivity index (χ1v) is 8.56. The fourth-order valence-corrected chi connectivity index (χ4v) is 3.99. The zero-order valence-corrected chi connectivity index (χ0v) is 13.3. The molecule has 0 saturated heterocycles. The maximum absolute atomic E-state index is 10.7. The van der Waals surface area contributed by atoms with E-state index >= 15 is 0 Å². The van der Waals surface area contributed by atoms with Gasteiger partial charge in [0.2, 0.25) is 0 Å². The summed E-state index contributed by atoms with van der Waals surface area (Å²) in [5, 5.41) is 3.59. The minimum absolute atomic E-state index is 0.107. The van der Waals surface area contributed by atoms with Gasteiger partial charge in [-0.3, -0.25) is 4.21 Å². The van der Waals surface area contributed by atoms with E-state index in [9.17, 15) is 8.76 Å². The molecule has 1 aromatic carbocycles. The van der Waals surface area contributed by atoms with E-state index in [0.29, 0.717) is 12.6 Å². The molecule has 3 atom stereocenters. The minimum Gasteiger partial charge on any atom is -0.760 e. The lowest BCUT2D eigenvalue weighted by Gasteiger charge is -2.36. The molecule has 0 saturated carbocycles. The lowest BCUT2D eigenvalue weighted by Crippen LogP contribution is -2.41. The van der Waals surface area contributed by atoms with E-state index in [1.165, 1.54) is 5.56 Å². The minimum atomic E-state index is -2.20. The van der Waals surface area contributed by atoms with Crippen molar-refractivity contribution in [1.82, 2.24) is 4.72 Å². The van der Waals surface area contributed by atoms with Crippen LogP contribution in [-0.4, -0.2) is 21.3 Å². The molecule has 2 N–H and O–H groups in total. The van der Waals surface area contributed by atoms with Crippen LogP contribution < -0.4 is 10.0 Å². The SMILES string of the molecule is O=S([O-])NCCC12C=CCCC1Nc1ccc(Br)cc12. The van der Waals surface area contributed by atoms with Gasteiger partial charge >= 0.3 is 0 Å². The van der Waals surface area contributed by atoms with Crippen LogP contribution in [0.1, 0.15) is 24.8 Å². The van der Waals surface area contributed by atoms with Gasteiger partial charge < -0.3 is 9.87 Å². The monoisotopic (exact) mass is 355 g/mol. The molecule has 108 valence electrons. The number of nitrogens with one attached hydrogen (secondary N) is 2. The van der Waals surface area contributed by atoms with Gasteiger partial charge in [-0.15, -0.1) is 0 Å². The van der Waals surface area contributed by atoms with Crippen molar-refractivity contribution in [3.05, 3.63) is 40.4 Å². The smallest absolute Gasteiger partial charge is 0.0397 e. The van der Waals surface area contributed by atoms with Gasteiger partial charge in [0.05, 0.1) is 0 Å². The third-order valence-corrected chi connectivity index (χ3v) is 5.16. The van der Waals surface area contributed by atoms with E-state index in [1.54, 1.807) is 0 Å². The molecule has 6 heteroatoms. The zero-order chi connectivity index (χ0) is 14.2. The second-order valence-electron chi connectivity index (χ2n) is 5.29. The molecule has 0 spiro atoms. The standard InChI is InChI=1S/C14H17BrN2O2S/c15-10-4-5-12-11(9-10)14(7-8-16-20(18)19)6-2-1-3-13(14)17-12/h2,4-6,9,13,16-17H,1,3,7-8H2,(H,18,19)/p-1. The summed E-state index contributed by atoms with van der Waals surface area (Å²) in [6.45, 7) is 0.449. The molecule has 2 aliphatic rings. The average molecular weight is 356 g/mol. The van der Waals surface area contributed by atoms with Gasteiger partial charge in [0.15, 0.2) is 0 Å². The van der Waals surface area contributed by atoms with Crippen LogP contribution in [0.2, 0.25) is 0 Å². The van der Waals surface area contributed by atoms with Crippen molar-refractivity contribution in [2.45, 2.75) is 30.7 Å². The Balaban J connectivity index is 1.95. The molecule has 0 fully saturated rings. The third-order valence-electron chi connectivity index (χ3n) is 4.23. The number of rotatable bonds is 4. The van der Waals surface area contributed by atoms with Gasteiger partial charge in [0, 0.05) is 39.4 Å². The molecule has 0 bridgehead atoms. The van der Waals surface area contributed by atoms with Crippen molar-refractivity contribution < 1.29 is 8.76 Å². The molecule has 1 aromatic rings. The number of allylic oxidation sites excluding steroid dienone is 1. The van der Waals surface area contributed by atoms with Crippen molar-refractivity contribution >= 4 is 32.9 Å². The van der Waals surface area contributed by atoms with Crippen LogP contribution in [-0.2, 0) is 16.7 Å². The summed E-state index contributed by atoms with van der Waals surface area (Å²) in [5.41, 5.74) is 2.31. The Morgan fingerprint density at radius 2 is 2.40 bits per heavy atom. The summed E-state index contributed by atoms with van der Waals surface area (Å²) in [5.74, 6) is 0. The molecule has 1 aliphatic carbocycles. The molecule has 0 radical (unpaired) electrons. The van der Waals surface area contributed by atoms with E-state index in [2.05, 4.69) is 50.3 Å². The molecule has 3 rings (SSSR count). The number of halogens is 1. The van der Waals surface area contributed by atoms with Crippen LogP contribution in [0.3, 0.4) is 0 Å². The van der Waals surface area contributed by atoms with Crippen LogP contribution in [0.15, 0.2) is 34.8 Å². The topological polar surface area (TPSA) is 64.2 Å². The lowest BCUT2D eigenvalue weighted by atomic mass is 9.70. The first-order valence-electron chi connectivity index (χ1n) is 6.69. The lowest BCUT2D eigenvalue weighted by molar-refractivity contribution is 0.401. The molecule has 1 aliphatic heterocycles. The van der Waals surface area contributed by atoms with Crippen LogP contribution in [0, 0.1) is 0 Å². The fourth-order valence-electron chi connectivity index (χ4n) is 3.36. The van der Waals surface area contributed by atoms with Crippen molar-refractivity contribution in [2.75, 3.05) is 11.9 Å². The molecule has 0 amide bonds. The average Bonchev–Trinajstić information content (AvgIpc) is 2.73. The van der Waals surface area contributed by atoms with Gasteiger partial charge in [0.1, 0.15) is 0 Å². The van der Waals surface area contributed by atoms with E-state index in [4.69, 9.17) is 0 Å². The van der Waals surface area contributed by atoms with Gasteiger partial charge in [-0.2, -0.15) is 0 Å². The largest absolute Gasteiger partial charge is 0.760 e. The Kier molecular flexibility index (Phi) is 3.99. The van der Waals surface area contributed by atoms with Gasteiger partial charge in [0.25, 0.3) is 0 Å². The molecular weight excluding hydrogens is 340 g/mol. The van der Waals surface area contributed by atoms with Crippen molar-refractivity contribution in [3.63, 3.8) is 0 Å². The Morgan fingerprint density at radius 1 is 1.55 bits per heavy atom. The quantitative estimate of drug-likeness (QED) is 0.644. The summed E-state index contributed by atoms with van der Waals surface area (Å²) in [6.07, 6.45) is 7.36. The van der Waals surface area contributed by atoms with Crippen LogP contribution in [0.4, 0.5) is 5.69 Å². The summed E-state index contributed by atoms with van der Waals surface area (Å²) in [6, 6.07) is 6.61. The highest BCUT2D eigenvalue weighted by Gasteiger charge is 2.45. The van der Waals surface area contributed by atoms with E-state index < -0.39 is 11.3 Å². The van der Waals surface area contributed by atoms with Crippen LogP contribution in [0.25, 0.3) is 0 Å². The number of benzene rings is 1. The molecule has 0 aromatic heterocycles. The second-order valence-corrected chi connectivity index (χ2v) is 6.96. The maximum Gasteiger partial charge on any atom is 0.0397 e. The number of anilines is 1.